The molecule has 0 radical (unpaired) electrons. The highest BCUT2D eigenvalue weighted by Gasteiger charge is 2.37. The van der Waals surface area contributed by atoms with Crippen LogP contribution in [0.5, 0.6) is 17.2 Å². The monoisotopic (exact) mass is 516 g/mol. The third-order valence-corrected chi connectivity index (χ3v) is 8.02. The zero-order valence-electron chi connectivity index (χ0n) is 21.6. The quantitative estimate of drug-likeness (QED) is 0.252. The first kappa shape index (κ1) is 25.1. The molecule has 0 aliphatic carbocycles. The van der Waals surface area contributed by atoms with E-state index >= 15 is 0 Å². The Hall–Kier alpha value is -3.58. The van der Waals surface area contributed by atoms with Gasteiger partial charge in [-0.3, -0.25) is 4.79 Å². The lowest BCUT2D eigenvalue weighted by atomic mass is 10.0. The lowest BCUT2D eigenvalue weighted by molar-refractivity contribution is -0.129. The maximum Gasteiger partial charge on any atom is 0.223 e. The minimum Gasteiger partial charge on any atom is -0.497 e. The van der Waals surface area contributed by atoms with Gasteiger partial charge >= 0.3 is 0 Å². The van der Waals surface area contributed by atoms with Gasteiger partial charge in [0.1, 0.15) is 30.0 Å². The lowest BCUT2D eigenvalue weighted by Gasteiger charge is -2.27. The first-order valence-corrected chi connectivity index (χ1v) is 13.4. The van der Waals surface area contributed by atoms with Crippen LogP contribution in [-0.4, -0.2) is 35.5 Å². The molecule has 2 heterocycles. The average molecular weight is 517 g/mol. The maximum atomic E-state index is 13.0. The van der Waals surface area contributed by atoms with Crippen LogP contribution in [0.2, 0.25) is 0 Å². The summed E-state index contributed by atoms with van der Waals surface area (Å²) >= 11 is 1.61. The van der Waals surface area contributed by atoms with Gasteiger partial charge in [-0.2, -0.15) is 0 Å². The van der Waals surface area contributed by atoms with Crippen molar-refractivity contribution in [2.24, 2.45) is 5.92 Å². The lowest BCUT2D eigenvalue weighted by Crippen LogP contribution is -2.31. The Morgan fingerprint density at radius 2 is 1.81 bits per heavy atom. The Labute approximate surface area is 221 Å². The molecular formula is C30H32N2O4S. The molecule has 1 fully saturated rings. The van der Waals surface area contributed by atoms with Crippen LogP contribution in [0.4, 0.5) is 0 Å². The van der Waals surface area contributed by atoms with Crippen LogP contribution in [0.15, 0.2) is 66.7 Å². The molecular weight excluding hydrogens is 484 g/mol. The summed E-state index contributed by atoms with van der Waals surface area (Å²) < 4.78 is 18.9. The number of methoxy groups -OCH3 is 1. The fourth-order valence-electron chi connectivity index (χ4n) is 4.81. The molecule has 1 amide bonds. The van der Waals surface area contributed by atoms with Crippen molar-refractivity contribution < 1.29 is 19.0 Å². The molecule has 7 heteroatoms. The second-order valence-corrected chi connectivity index (χ2v) is 10.8. The van der Waals surface area contributed by atoms with E-state index in [1.807, 2.05) is 78.6 Å². The van der Waals surface area contributed by atoms with Crippen molar-refractivity contribution in [1.29, 1.82) is 0 Å². The highest BCUT2D eigenvalue weighted by atomic mass is 32.1. The predicted molar refractivity (Wildman–Crippen MR) is 146 cm³/mol. The zero-order valence-corrected chi connectivity index (χ0v) is 22.5. The number of likely N-dealkylation sites (tertiary alicyclic amines) is 1. The van der Waals surface area contributed by atoms with Crippen LogP contribution < -0.4 is 14.2 Å². The predicted octanol–water partition coefficient (Wildman–Crippen LogP) is 6.57. The number of ether oxygens (including phenoxy) is 3. The molecule has 1 aromatic heterocycles. The Morgan fingerprint density at radius 1 is 1.05 bits per heavy atom. The summed E-state index contributed by atoms with van der Waals surface area (Å²) in [6, 6.07) is 21.9. The molecule has 37 heavy (non-hydrogen) atoms. The molecule has 0 saturated carbocycles. The van der Waals surface area contributed by atoms with E-state index in [1.165, 1.54) is 0 Å². The number of hydrogen-bond donors (Lipinski definition) is 0. The van der Waals surface area contributed by atoms with Crippen molar-refractivity contribution in [3.63, 3.8) is 0 Å². The first-order valence-electron chi connectivity index (χ1n) is 12.6. The highest BCUT2D eigenvalue weighted by molar-refractivity contribution is 7.18. The molecule has 0 N–H and O–H groups in total. The summed E-state index contributed by atoms with van der Waals surface area (Å²) in [4.78, 5) is 19.6. The summed E-state index contributed by atoms with van der Waals surface area (Å²) in [5.41, 5.74) is 3.06. The van der Waals surface area contributed by atoms with Gasteiger partial charge in [-0.1, -0.05) is 42.5 Å². The molecule has 1 saturated heterocycles. The largest absolute Gasteiger partial charge is 0.497 e. The van der Waals surface area contributed by atoms with Crippen LogP contribution in [0.3, 0.4) is 0 Å². The molecule has 5 rings (SSSR count). The fraction of sp³-hybridized carbons (Fsp3) is 0.333. The number of nitrogens with zero attached hydrogens (tertiary/aromatic N) is 2. The molecule has 0 spiro atoms. The standard InChI is InChI=1S/C30H32N2O4S/c1-19(23-10-12-25(34-4)13-11-23)32-17-24(14-29(32)33)20(2)36-28-16-26(15-27-30(28)37-21(3)31-27)35-18-22-8-6-5-7-9-22/h5-13,15-16,19-20,24H,14,17-18H2,1-4H3/t19-,20-,24-/m1/s1. The number of carbonyl (C=O) groups excluding carboxylic acids is 1. The van der Waals surface area contributed by atoms with Crippen molar-refractivity contribution in [2.75, 3.05) is 13.7 Å². The number of thiazole rings is 1. The molecule has 4 aromatic rings. The third kappa shape index (κ3) is 5.57. The molecule has 192 valence electrons. The van der Waals surface area contributed by atoms with E-state index in [9.17, 15) is 4.79 Å². The Balaban J connectivity index is 1.30. The van der Waals surface area contributed by atoms with Crippen molar-refractivity contribution in [3.05, 3.63) is 82.9 Å². The summed E-state index contributed by atoms with van der Waals surface area (Å²) in [6.45, 7) is 7.25. The van der Waals surface area contributed by atoms with Crippen LogP contribution in [0.25, 0.3) is 10.2 Å². The molecule has 6 nitrogen and oxygen atoms in total. The van der Waals surface area contributed by atoms with Crippen LogP contribution in [0, 0.1) is 12.8 Å². The normalized spacial score (nSPS) is 17.1. The second kappa shape index (κ2) is 10.8. The minimum absolute atomic E-state index is 0.0128. The zero-order chi connectivity index (χ0) is 25.9. The van der Waals surface area contributed by atoms with E-state index in [2.05, 4.69) is 18.8 Å². The number of benzene rings is 3. The van der Waals surface area contributed by atoms with Gasteiger partial charge in [-0.25, -0.2) is 4.98 Å². The number of amides is 1. The number of hydrogen-bond acceptors (Lipinski definition) is 6. The second-order valence-electron chi connectivity index (χ2n) is 9.56. The number of rotatable bonds is 9. The van der Waals surface area contributed by atoms with E-state index < -0.39 is 0 Å². The van der Waals surface area contributed by atoms with E-state index in [0.717, 1.165) is 43.6 Å². The smallest absolute Gasteiger partial charge is 0.223 e. The van der Waals surface area contributed by atoms with Crippen LogP contribution in [-0.2, 0) is 11.4 Å². The van der Waals surface area contributed by atoms with Crippen molar-refractivity contribution in [3.8, 4) is 17.2 Å². The minimum atomic E-state index is -0.146. The van der Waals surface area contributed by atoms with Crippen LogP contribution in [0.1, 0.15) is 42.4 Å². The Bertz CT molecular complexity index is 1370. The van der Waals surface area contributed by atoms with E-state index in [-0.39, 0.29) is 24.0 Å². The van der Waals surface area contributed by atoms with Gasteiger partial charge in [-0.05, 0) is 44.0 Å². The summed E-state index contributed by atoms with van der Waals surface area (Å²) in [5, 5.41) is 0.975. The fourth-order valence-corrected chi connectivity index (χ4v) is 5.66. The van der Waals surface area contributed by atoms with Crippen molar-refractivity contribution in [1.82, 2.24) is 9.88 Å². The van der Waals surface area contributed by atoms with Crippen molar-refractivity contribution >= 4 is 27.5 Å². The number of fused-ring (bicyclic) bond motifs is 1. The van der Waals surface area contributed by atoms with Gasteiger partial charge < -0.3 is 19.1 Å². The van der Waals surface area contributed by atoms with E-state index in [1.54, 1.807) is 18.4 Å². The first-order chi connectivity index (χ1) is 17.9. The maximum absolute atomic E-state index is 13.0. The summed E-state index contributed by atoms with van der Waals surface area (Å²) in [6.07, 6.45) is 0.323. The van der Waals surface area contributed by atoms with Gasteiger partial charge in [0.2, 0.25) is 5.91 Å². The summed E-state index contributed by atoms with van der Waals surface area (Å²) in [7, 11) is 1.65. The van der Waals surface area contributed by atoms with Gasteiger partial charge in [0.25, 0.3) is 0 Å². The Morgan fingerprint density at radius 3 is 2.54 bits per heavy atom. The number of aromatic nitrogens is 1. The van der Waals surface area contributed by atoms with Crippen molar-refractivity contribution in [2.45, 2.75) is 45.9 Å². The Kier molecular flexibility index (Phi) is 7.33. The number of carbonyl (C=O) groups is 1. The molecule has 3 atom stereocenters. The summed E-state index contributed by atoms with van der Waals surface area (Å²) in [5.74, 6) is 2.53. The topological polar surface area (TPSA) is 60.9 Å². The molecule has 0 bridgehead atoms. The van der Waals surface area contributed by atoms with Gasteiger partial charge in [0, 0.05) is 31.0 Å². The third-order valence-electron chi connectivity index (χ3n) is 7.02. The van der Waals surface area contributed by atoms with E-state index in [4.69, 9.17) is 14.2 Å². The molecule has 3 aromatic carbocycles. The molecule has 0 unspecified atom stereocenters. The van der Waals surface area contributed by atoms with E-state index in [0.29, 0.717) is 19.6 Å². The SMILES string of the molecule is COc1ccc([C@@H](C)N2C[C@H]([C@@H](C)Oc3cc(OCc4ccccc4)cc4nc(C)sc34)CC2=O)cc1. The highest BCUT2D eigenvalue weighted by Crippen LogP contribution is 2.38. The molecule has 1 aliphatic heterocycles. The van der Waals surface area contributed by atoms with Gasteiger partial charge in [-0.15, -0.1) is 11.3 Å². The van der Waals surface area contributed by atoms with Crippen LogP contribution >= 0.6 is 11.3 Å². The van der Waals surface area contributed by atoms with Gasteiger partial charge in [0.15, 0.2) is 0 Å². The number of aryl methyl sites for hydroxylation is 1. The average Bonchev–Trinajstić information content (AvgIpc) is 3.49. The van der Waals surface area contributed by atoms with Gasteiger partial charge in [0.05, 0.1) is 28.4 Å². The molecule has 1 aliphatic rings.